The Bertz CT molecular complexity index is 1520. The molecule has 11 heteroatoms. The number of halogens is 2. The van der Waals surface area contributed by atoms with Crippen LogP contribution in [0.1, 0.15) is 46.3 Å². The molecule has 4 aromatic rings. The van der Waals surface area contributed by atoms with Crippen LogP contribution < -0.4 is 15.4 Å². The number of hydrogen-bond donors (Lipinski definition) is 1. The van der Waals surface area contributed by atoms with Crippen LogP contribution in [0.15, 0.2) is 48.7 Å². The molecule has 2 unspecified atom stereocenters. The van der Waals surface area contributed by atoms with Crippen molar-refractivity contribution >= 4 is 40.7 Å². The van der Waals surface area contributed by atoms with E-state index in [9.17, 15) is 4.79 Å². The van der Waals surface area contributed by atoms with E-state index in [4.69, 9.17) is 43.4 Å². The van der Waals surface area contributed by atoms with E-state index in [1.165, 1.54) is 7.11 Å². The number of aromatic nitrogens is 4. The Morgan fingerprint density at radius 3 is 2.47 bits per heavy atom. The molecular weight excluding hydrogens is 527 g/mol. The lowest BCUT2D eigenvalue weighted by molar-refractivity contribution is 0.0989. The van der Waals surface area contributed by atoms with Gasteiger partial charge in [-0.3, -0.25) is 9.69 Å². The highest BCUT2D eigenvalue weighted by Crippen LogP contribution is 2.46. The summed E-state index contributed by atoms with van der Waals surface area (Å²) in [6.45, 7) is 4.31. The first-order chi connectivity index (χ1) is 18.2. The highest BCUT2D eigenvalue weighted by Gasteiger charge is 2.45. The summed E-state index contributed by atoms with van der Waals surface area (Å²) < 4.78 is 13.0. The number of hydrogen-bond acceptors (Lipinski definition) is 7. The molecule has 2 N–H and O–H groups in total. The van der Waals surface area contributed by atoms with Crippen LogP contribution in [0.5, 0.6) is 5.88 Å². The SMILES string of the molecule is COCC(C)n1c(-c2cnc(N)nc2OC)nc2c1C(c1ccc(Cl)cc1)N(c1cc(Cl)ccc1C)C2=O. The van der Waals surface area contributed by atoms with Crippen molar-refractivity contribution in [3.8, 4) is 17.3 Å². The highest BCUT2D eigenvalue weighted by molar-refractivity contribution is 6.31. The van der Waals surface area contributed by atoms with Crippen molar-refractivity contribution in [2.75, 3.05) is 31.5 Å². The molecule has 0 radical (unpaired) electrons. The number of carbonyl (C=O) groups is 1. The number of imidazole rings is 1. The van der Waals surface area contributed by atoms with E-state index in [0.717, 1.165) is 11.1 Å². The fourth-order valence-corrected chi connectivity index (χ4v) is 5.19. The Kier molecular flexibility index (Phi) is 7.00. The van der Waals surface area contributed by atoms with Crippen LogP contribution in [0.4, 0.5) is 11.6 Å². The fraction of sp³-hybridized carbons (Fsp3) is 0.259. The standard InChI is InChI=1S/C27H26Cl2N6O3/c1-14-5-8-18(29)11-20(14)35-22(16-6-9-17(28)10-7-16)23-21(26(35)36)32-24(34(23)15(2)13-37-3)19-12-31-27(30)33-25(19)38-4/h5-12,15,22H,13H2,1-4H3,(H2,30,31,33). The Balaban J connectivity index is 1.81. The number of nitrogen functional groups attached to an aromatic ring is 1. The van der Waals surface area contributed by atoms with Crippen LogP contribution in [0.3, 0.4) is 0 Å². The lowest BCUT2D eigenvalue weighted by atomic mass is 10.0. The summed E-state index contributed by atoms with van der Waals surface area (Å²) in [6, 6.07) is 12.2. The maximum atomic E-state index is 14.2. The average Bonchev–Trinajstić information content (AvgIpc) is 3.41. The Labute approximate surface area is 230 Å². The normalized spacial score (nSPS) is 15.6. The van der Waals surface area contributed by atoms with E-state index in [0.29, 0.717) is 45.1 Å². The van der Waals surface area contributed by atoms with Crippen molar-refractivity contribution in [3.63, 3.8) is 0 Å². The third-order valence-electron chi connectivity index (χ3n) is 6.56. The zero-order chi connectivity index (χ0) is 27.1. The van der Waals surface area contributed by atoms with Gasteiger partial charge in [0.15, 0.2) is 5.69 Å². The lowest BCUT2D eigenvalue weighted by Crippen LogP contribution is -2.31. The second-order valence-corrected chi connectivity index (χ2v) is 9.93. The largest absolute Gasteiger partial charge is 0.480 e. The summed E-state index contributed by atoms with van der Waals surface area (Å²) in [7, 11) is 3.12. The molecule has 0 aliphatic carbocycles. The molecular formula is C27H26Cl2N6O3. The number of anilines is 2. The maximum absolute atomic E-state index is 14.2. The number of fused-ring (bicyclic) bond motifs is 1. The number of benzene rings is 2. The first-order valence-corrected chi connectivity index (χ1v) is 12.6. The van der Waals surface area contributed by atoms with Gasteiger partial charge in [-0.25, -0.2) is 9.97 Å². The van der Waals surface area contributed by atoms with Gasteiger partial charge in [0.25, 0.3) is 5.91 Å². The van der Waals surface area contributed by atoms with Gasteiger partial charge in [0.2, 0.25) is 11.8 Å². The smallest absolute Gasteiger partial charge is 0.279 e. The highest BCUT2D eigenvalue weighted by atomic mass is 35.5. The third kappa shape index (κ3) is 4.36. The number of nitrogens with two attached hydrogens (primary N) is 1. The van der Waals surface area contributed by atoms with Crippen LogP contribution in [-0.2, 0) is 4.74 Å². The van der Waals surface area contributed by atoms with Crippen molar-refractivity contribution in [3.05, 3.63) is 81.2 Å². The summed E-state index contributed by atoms with van der Waals surface area (Å²) in [5.74, 6) is 0.542. The molecule has 3 heterocycles. The number of aryl methyl sites for hydroxylation is 1. The first kappa shape index (κ1) is 26.0. The lowest BCUT2D eigenvalue weighted by Gasteiger charge is -2.30. The second kappa shape index (κ2) is 10.2. The van der Waals surface area contributed by atoms with Crippen LogP contribution in [-0.4, -0.2) is 46.3 Å². The summed E-state index contributed by atoms with van der Waals surface area (Å²) in [5, 5.41) is 1.12. The quantitative estimate of drug-likeness (QED) is 0.322. The summed E-state index contributed by atoms with van der Waals surface area (Å²) in [6.07, 6.45) is 1.55. The minimum atomic E-state index is -0.520. The van der Waals surface area contributed by atoms with Gasteiger partial charge in [0.05, 0.1) is 31.0 Å². The molecule has 196 valence electrons. The number of rotatable bonds is 7. The van der Waals surface area contributed by atoms with E-state index >= 15 is 0 Å². The van der Waals surface area contributed by atoms with Crippen molar-refractivity contribution in [1.29, 1.82) is 0 Å². The Morgan fingerprint density at radius 1 is 1.08 bits per heavy atom. The zero-order valence-corrected chi connectivity index (χ0v) is 22.8. The summed E-state index contributed by atoms with van der Waals surface area (Å²) in [4.78, 5) is 29.1. The molecule has 38 heavy (non-hydrogen) atoms. The van der Waals surface area contributed by atoms with Gasteiger partial charge in [0, 0.05) is 29.0 Å². The van der Waals surface area contributed by atoms with Crippen LogP contribution in [0.2, 0.25) is 10.0 Å². The second-order valence-electron chi connectivity index (χ2n) is 9.05. The van der Waals surface area contributed by atoms with Gasteiger partial charge in [-0.15, -0.1) is 0 Å². The van der Waals surface area contributed by atoms with Gasteiger partial charge >= 0.3 is 0 Å². The van der Waals surface area contributed by atoms with Crippen molar-refractivity contribution in [2.45, 2.75) is 25.9 Å². The number of carbonyl (C=O) groups excluding carboxylic acids is 1. The number of methoxy groups -OCH3 is 2. The maximum Gasteiger partial charge on any atom is 0.279 e. The molecule has 2 aromatic carbocycles. The van der Waals surface area contributed by atoms with Crippen LogP contribution in [0, 0.1) is 6.92 Å². The van der Waals surface area contributed by atoms with E-state index in [1.54, 1.807) is 42.5 Å². The molecule has 0 fully saturated rings. The number of nitrogens with zero attached hydrogens (tertiary/aromatic N) is 5. The third-order valence-corrected chi connectivity index (χ3v) is 7.05. The summed E-state index contributed by atoms with van der Waals surface area (Å²) in [5.41, 5.74) is 9.78. The van der Waals surface area contributed by atoms with E-state index in [1.807, 2.05) is 36.6 Å². The molecule has 2 aromatic heterocycles. The molecule has 9 nitrogen and oxygen atoms in total. The van der Waals surface area contributed by atoms with Crippen molar-refractivity contribution in [2.24, 2.45) is 0 Å². The molecule has 1 amide bonds. The van der Waals surface area contributed by atoms with Gasteiger partial charge in [-0.05, 0) is 49.2 Å². The van der Waals surface area contributed by atoms with Crippen LogP contribution >= 0.6 is 23.2 Å². The molecule has 2 atom stereocenters. The molecule has 1 aliphatic heterocycles. The Morgan fingerprint density at radius 2 is 1.79 bits per heavy atom. The first-order valence-electron chi connectivity index (χ1n) is 11.9. The molecule has 0 bridgehead atoms. The topological polar surface area (TPSA) is 108 Å². The molecule has 0 spiro atoms. The minimum Gasteiger partial charge on any atom is -0.480 e. The molecule has 5 rings (SSSR count). The zero-order valence-electron chi connectivity index (χ0n) is 21.3. The van der Waals surface area contributed by atoms with Gasteiger partial charge in [-0.1, -0.05) is 41.4 Å². The summed E-state index contributed by atoms with van der Waals surface area (Å²) >= 11 is 12.6. The number of ether oxygens (including phenoxy) is 2. The van der Waals surface area contributed by atoms with E-state index < -0.39 is 6.04 Å². The van der Waals surface area contributed by atoms with Gasteiger partial charge in [-0.2, -0.15) is 4.98 Å². The Hall–Kier alpha value is -3.66. The van der Waals surface area contributed by atoms with E-state index in [2.05, 4.69) is 9.97 Å². The van der Waals surface area contributed by atoms with Gasteiger partial charge < -0.3 is 19.8 Å². The molecule has 1 aliphatic rings. The van der Waals surface area contributed by atoms with Crippen molar-refractivity contribution < 1.29 is 14.3 Å². The predicted molar refractivity (Wildman–Crippen MR) is 147 cm³/mol. The average molecular weight is 553 g/mol. The van der Waals surface area contributed by atoms with E-state index in [-0.39, 0.29) is 23.8 Å². The van der Waals surface area contributed by atoms with Crippen LogP contribution in [0.25, 0.3) is 11.4 Å². The minimum absolute atomic E-state index is 0.0684. The molecule has 0 saturated carbocycles. The van der Waals surface area contributed by atoms with Gasteiger partial charge in [0.1, 0.15) is 11.9 Å². The number of amides is 1. The predicted octanol–water partition coefficient (Wildman–Crippen LogP) is 5.50. The monoisotopic (exact) mass is 552 g/mol. The molecule has 0 saturated heterocycles. The van der Waals surface area contributed by atoms with Crippen molar-refractivity contribution in [1.82, 2.24) is 19.5 Å². The fourth-order valence-electron chi connectivity index (χ4n) is 4.90.